The number of nitrogens with zero attached hydrogens (tertiary/aromatic N) is 1. The number of hydrogen-bond acceptors (Lipinski definition) is 2. The highest BCUT2D eigenvalue weighted by Crippen LogP contribution is 2.24. The van der Waals surface area contributed by atoms with Crippen molar-refractivity contribution in [1.29, 1.82) is 0 Å². The fourth-order valence-electron chi connectivity index (χ4n) is 3.38. The summed E-state index contributed by atoms with van der Waals surface area (Å²) in [7, 11) is 0. The lowest BCUT2D eigenvalue weighted by Gasteiger charge is -2.24. The van der Waals surface area contributed by atoms with Crippen molar-refractivity contribution in [2.45, 2.75) is 31.8 Å². The topological polar surface area (TPSA) is 49.4 Å². The first-order valence-corrected chi connectivity index (χ1v) is 10.2. The van der Waals surface area contributed by atoms with Crippen LogP contribution in [0.1, 0.15) is 34.3 Å². The third kappa shape index (κ3) is 5.34. The van der Waals surface area contributed by atoms with Crippen LogP contribution < -0.4 is 10.2 Å². The largest absolute Gasteiger partial charge is 0.353 e. The van der Waals surface area contributed by atoms with Crippen LogP contribution in [0.25, 0.3) is 0 Å². The highest BCUT2D eigenvalue weighted by molar-refractivity contribution is 6.06. The minimum absolute atomic E-state index is 0.0647. The molecule has 0 saturated heterocycles. The van der Waals surface area contributed by atoms with Crippen molar-refractivity contribution in [3.8, 4) is 0 Å². The zero-order valence-electron chi connectivity index (χ0n) is 16.9. The van der Waals surface area contributed by atoms with E-state index < -0.39 is 17.5 Å². The van der Waals surface area contributed by atoms with Crippen molar-refractivity contribution in [1.82, 2.24) is 5.32 Å². The average molecular weight is 420 g/mol. The Balaban J connectivity index is 1.64. The molecule has 158 valence electrons. The van der Waals surface area contributed by atoms with Gasteiger partial charge in [-0.25, -0.2) is 8.78 Å². The summed E-state index contributed by atoms with van der Waals surface area (Å²) >= 11 is 0. The van der Waals surface area contributed by atoms with Gasteiger partial charge in [-0.3, -0.25) is 9.59 Å². The zero-order valence-corrected chi connectivity index (χ0v) is 16.9. The summed E-state index contributed by atoms with van der Waals surface area (Å²) in [6.45, 7) is 0.203. The van der Waals surface area contributed by atoms with E-state index in [1.165, 1.54) is 4.90 Å². The summed E-state index contributed by atoms with van der Waals surface area (Å²) < 4.78 is 27.7. The second kappa shape index (κ2) is 9.08. The second-order valence-corrected chi connectivity index (χ2v) is 7.69. The Morgan fingerprint density at radius 1 is 0.903 bits per heavy atom. The first-order valence-electron chi connectivity index (χ1n) is 10.2. The molecule has 4 rings (SSSR count). The third-order valence-corrected chi connectivity index (χ3v) is 5.12. The number of benzene rings is 3. The molecular weight excluding hydrogens is 398 g/mol. The van der Waals surface area contributed by atoms with E-state index in [9.17, 15) is 18.4 Å². The maximum Gasteiger partial charge on any atom is 0.261 e. The molecule has 6 heteroatoms. The molecule has 1 aliphatic rings. The lowest BCUT2D eigenvalue weighted by Crippen LogP contribution is -2.31. The van der Waals surface area contributed by atoms with E-state index in [0.717, 1.165) is 36.1 Å². The van der Waals surface area contributed by atoms with Gasteiger partial charge in [0.25, 0.3) is 5.91 Å². The first kappa shape index (κ1) is 20.7. The quantitative estimate of drug-likeness (QED) is 0.606. The Morgan fingerprint density at radius 3 is 2.35 bits per heavy atom. The molecule has 3 aromatic carbocycles. The predicted octanol–water partition coefficient (Wildman–Crippen LogP) is 4.63. The van der Waals surface area contributed by atoms with E-state index >= 15 is 0 Å². The molecular formula is C25H22F2N2O2. The molecule has 2 amide bonds. The van der Waals surface area contributed by atoms with Crippen LogP contribution in [0, 0.1) is 11.6 Å². The van der Waals surface area contributed by atoms with Crippen molar-refractivity contribution < 1.29 is 18.4 Å². The summed E-state index contributed by atoms with van der Waals surface area (Å²) in [5, 5.41) is 2.95. The monoisotopic (exact) mass is 420 g/mol. The summed E-state index contributed by atoms with van der Waals surface area (Å²) in [6.07, 6.45) is 2.21. The van der Waals surface area contributed by atoms with Gasteiger partial charge in [0, 0.05) is 17.8 Å². The van der Waals surface area contributed by atoms with Crippen LogP contribution in [0.3, 0.4) is 0 Å². The molecule has 0 radical (unpaired) electrons. The fraction of sp³-hybridized carbons (Fsp3) is 0.200. The highest BCUT2D eigenvalue weighted by Gasteiger charge is 2.24. The van der Waals surface area contributed by atoms with Gasteiger partial charge in [0.2, 0.25) is 5.91 Å². The molecule has 1 fully saturated rings. The smallest absolute Gasteiger partial charge is 0.261 e. The Labute approximate surface area is 179 Å². The van der Waals surface area contributed by atoms with Crippen molar-refractivity contribution >= 4 is 17.5 Å². The first-order chi connectivity index (χ1) is 15.0. The van der Waals surface area contributed by atoms with Crippen LogP contribution in [0.2, 0.25) is 0 Å². The van der Waals surface area contributed by atoms with Gasteiger partial charge in [-0.15, -0.1) is 0 Å². The van der Waals surface area contributed by atoms with Gasteiger partial charge in [0.05, 0.1) is 18.5 Å². The van der Waals surface area contributed by atoms with Gasteiger partial charge in [-0.05, 0) is 48.2 Å². The van der Waals surface area contributed by atoms with Gasteiger partial charge < -0.3 is 10.2 Å². The van der Waals surface area contributed by atoms with Gasteiger partial charge in [0.1, 0.15) is 11.6 Å². The zero-order chi connectivity index (χ0) is 21.8. The second-order valence-electron chi connectivity index (χ2n) is 7.69. The maximum atomic E-state index is 14.4. The standard InChI is InChI=1S/C25H22F2N2O2/c26-19-9-12-22(23(27)15-19)25(31)29(16-17-5-2-1-3-6-17)21-8-4-7-18(13-21)14-24(30)28-20-10-11-20/h1-9,12-13,15,20H,10-11,14,16H2,(H,28,30). The van der Waals surface area contributed by atoms with E-state index in [-0.39, 0.29) is 30.5 Å². The molecule has 31 heavy (non-hydrogen) atoms. The predicted molar refractivity (Wildman–Crippen MR) is 115 cm³/mol. The van der Waals surface area contributed by atoms with Gasteiger partial charge in [-0.2, -0.15) is 0 Å². The molecule has 0 heterocycles. The van der Waals surface area contributed by atoms with Gasteiger partial charge >= 0.3 is 0 Å². The van der Waals surface area contributed by atoms with Crippen molar-refractivity contribution in [3.05, 3.63) is 101 Å². The molecule has 0 spiro atoms. The Kier molecular flexibility index (Phi) is 6.07. The van der Waals surface area contributed by atoms with Crippen LogP contribution in [-0.2, 0) is 17.8 Å². The fourth-order valence-corrected chi connectivity index (χ4v) is 3.38. The summed E-state index contributed by atoms with van der Waals surface area (Å²) in [6, 6.07) is 19.6. The molecule has 4 nitrogen and oxygen atoms in total. The molecule has 1 saturated carbocycles. The Morgan fingerprint density at radius 2 is 1.65 bits per heavy atom. The average Bonchev–Trinajstić information content (AvgIpc) is 3.56. The number of carbonyl (C=O) groups excluding carboxylic acids is 2. The lowest BCUT2D eigenvalue weighted by molar-refractivity contribution is -0.120. The third-order valence-electron chi connectivity index (χ3n) is 5.12. The normalized spacial score (nSPS) is 13.0. The molecule has 3 aromatic rings. The van der Waals surface area contributed by atoms with Crippen LogP contribution in [0.4, 0.5) is 14.5 Å². The Bertz CT molecular complexity index is 1100. The van der Waals surface area contributed by atoms with Crippen LogP contribution in [0.5, 0.6) is 0 Å². The van der Waals surface area contributed by atoms with Gasteiger partial charge in [-0.1, -0.05) is 42.5 Å². The summed E-state index contributed by atoms with van der Waals surface area (Å²) in [5.41, 5.74) is 1.93. The summed E-state index contributed by atoms with van der Waals surface area (Å²) in [5.74, 6) is -2.30. The van der Waals surface area contributed by atoms with Gasteiger partial charge in [0.15, 0.2) is 0 Å². The lowest BCUT2D eigenvalue weighted by atomic mass is 10.1. The number of halogens is 2. The van der Waals surface area contributed by atoms with Crippen LogP contribution in [-0.4, -0.2) is 17.9 Å². The molecule has 1 aliphatic carbocycles. The van der Waals surface area contributed by atoms with Crippen molar-refractivity contribution in [3.63, 3.8) is 0 Å². The number of nitrogens with one attached hydrogen (secondary N) is 1. The Hall–Kier alpha value is -3.54. The molecule has 0 unspecified atom stereocenters. The SMILES string of the molecule is O=C(Cc1cccc(N(Cc2ccccc2)C(=O)c2ccc(F)cc2F)c1)NC1CC1. The number of rotatable bonds is 7. The van der Waals surface area contributed by atoms with Crippen LogP contribution >= 0.6 is 0 Å². The minimum atomic E-state index is -0.914. The number of carbonyl (C=O) groups is 2. The molecule has 0 bridgehead atoms. The van der Waals surface area contributed by atoms with Crippen molar-refractivity contribution in [2.24, 2.45) is 0 Å². The number of anilines is 1. The van der Waals surface area contributed by atoms with E-state index in [2.05, 4.69) is 5.32 Å². The molecule has 0 aliphatic heterocycles. The molecule has 0 atom stereocenters. The maximum absolute atomic E-state index is 14.4. The van der Waals surface area contributed by atoms with E-state index in [0.29, 0.717) is 11.8 Å². The highest BCUT2D eigenvalue weighted by atomic mass is 19.1. The van der Waals surface area contributed by atoms with Crippen LogP contribution in [0.15, 0.2) is 72.8 Å². The minimum Gasteiger partial charge on any atom is -0.353 e. The van der Waals surface area contributed by atoms with E-state index in [1.54, 1.807) is 18.2 Å². The van der Waals surface area contributed by atoms with E-state index in [4.69, 9.17) is 0 Å². The number of amides is 2. The molecule has 0 aromatic heterocycles. The van der Waals surface area contributed by atoms with Crippen molar-refractivity contribution in [2.75, 3.05) is 4.90 Å². The number of hydrogen-bond donors (Lipinski definition) is 1. The molecule has 1 N–H and O–H groups in total. The van der Waals surface area contributed by atoms with E-state index in [1.807, 2.05) is 36.4 Å². The summed E-state index contributed by atoms with van der Waals surface area (Å²) in [4.78, 5) is 26.9.